The van der Waals surface area contributed by atoms with E-state index in [0.29, 0.717) is 24.2 Å². The van der Waals surface area contributed by atoms with Crippen molar-refractivity contribution < 1.29 is 18.0 Å². The Morgan fingerprint density at radius 3 is 1.93 bits per heavy atom. The van der Waals surface area contributed by atoms with E-state index < -0.39 is 10.0 Å². The van der Waals surface area contributed by atoms with Gasteiger partial charge in [0.25, 0.3) is 5.91 Å². The Morgan fingerprint density at radius 1 is 0.821 bits per heavy atom. The van der Waals surface area contributed by atoms with E-state index in [2.05, 4.69) is 0 Å². The largest absolute Gasteiger partial charge is 0.336 e. The minimum absolute atomic E-state index is 0.0778. The van der Waals surface area contributed by atoms with Crippen LogP contribution in [0.1, 0.15) is 38.8 Å². The number of rotatable bonds is 4. The normalized spacial score (nSPS) is 15.5. The van der Waals surface area contributed by atoms with E-state index in [1.807, 2.05) is 32.0 Å². The second kappa shape index (κ2) is 7.85. The van der Waals surface area contributed by atoms with Crippen molar-refractivity contribution >= 4 is 21.7 Å². The lowest BCUT2D eigenvalue weighted by molar-refractivity contribution is 0.0697. The number of carbonyl (C=O) groups is 2. The van der Waals surface area contributed by atoms with Gasteiger partial charge >= 0.3 is 0 Å². The van der Waals surface area contributed by atoms with Gasteiger partial charge in [0.05, 0.1) is 4.90 Å². The lowest BCUT2D eigenvalue weighted by Gasteiger charge is -2.34. The average molecular weight is 401 g/mol. The second-order valence-corrected chi connectivity index (χ2v) is 9.01. The molecule has 1 aliphatic heterocycles. The number of aryl methyl sites for hydroxylation is 2. The van der Waals surface area contributed by atoms with Crippen LogP contribution in [0.15, 0.2) is 47.4 Å². The van der Waals surface area contributed by atoms with Gasteiger partial charge in [-0.15, -0.1) is 0 Å². The highest BCUT2D eigenvalue weighted by atomic mass is 32.2. The van der Waals surface area contributed by atoms with Crippen LogP contribution >= 0.6 is 0 Å². The van der Waals surface area contributed by atoms with Crippen molar-refractivity contribution in [3.63, 3.8) is 0 Å². The zero-order chi connectivity index (χ0) is 20.5. The van der Waals surface area contributed by atoms with E-state index in [-0.39, 0.29) is 29.7 Å². The molecule has 0 radical (unpaired) electrons. The van der Waals surface area contributed by atoms with Crippen LogP contribution in [-0.2, 0) is 10.0 Å². The van der Waals surface area contributed by atoms with Gasteiger partial charge in [0.2, 0.25) is 10.0 Å². The summed E-state index contributed by atoms with van der Waals surface area (Å²) >= 11 is 0. The summed E-state index contributed by atoms with van der Waals surface area (Å²) in [4.78, 5) is 25.9. The summed E-state index contributed by atoms with van der Waals surface area (Å²) in [5.41, 5.74) is 3.28. The highest BCUT2D eigenvalue weighted by Gasteiger charge is 2.30. The van der Waals surface area contributed by atoms with Gasteiger partial charge in [-0.3, -0.25) is 9.59 Å². The fourth-order valence-corrected chi connectivity index (χ4v) is 4.62. The number of hydrogen-bond donors (Lipinski definition) is 0. The van der Waals surface area contributed by atoms with Crippen LogP contribution in [0.2, 0.25) is 0 Å². The SMILES string of the molecule is CC(=O)c1ccc(S(=O)(=O)N2CCN(C(=O)c3ccc(C)c(C)c3)CC2)cc1. The molecule has 0 N–H and O–H groups in total. The molecule has 1 amide bonds. The van der Waals surface area contributed by atoms with Crippen LogP contribution in [0.5, 0.6) is 0 Å². The molecule has 0 unspecified atom stereocenters. The van der Waals surface area contributed by atoms with E-state index in [4.69, 9.17) is 0 Å². The van der Waals surface area contributed by atoms with E-state index in [9.17, 15) is 18.0 Å². The molecule has 28 heavy (non-hydrogen) atoms. The maximum absolute atomic E-state index is 12.8. The number of hydrogen-bond acceptors (Lipinski definition) is 4. The molecule has 0 aromatic heterocycles. The van der Waals surface area contributed by atoms with Crippen molar-refractivity contribution in [1.29, 1.82) is 0 Å². The smallest absolute Gasteiger partial charge is 0.253 e. The van der Waals surface area contributed by atoms with Gasteiger partial charge in [0.15, 0.2) is 5.78 Å². The van der Waals surface area contributed by atoms with Gasteiger partial charge in [0.1, 0.15) is 0 Å². The molecule has 2 aromatic rings. The lowest BCUT2D eigenvalue weighted by Crippen LogP contribution is -2.50. The van der Waals surface area contributed by atoms with Crippen LogP contribution in [-0.4, -0.2) is 55.5 Å². The summed E-state index contributed by atoms with van der Waals surface area (Å²) in [6.07, 6.45) is 0. The number of carbonyl (C=O) groups excluding carboxylic acids is 2. The summed E-state index contributed by atoms with van der Waals surface area (Å²) in [6.45, 7) is 6.58. The molecule has 0 spiro atoms. The summed E-state index contributed by atoms with van der Waals surface area (Å²) in [7, 11) is -3.65. The molecule has 3 rings (SSSR count). The van der Waals surface area contributed by atoms with E-state index in [1.54, 1.807) is 4.90 Å². The maximum Gasteiger partial charge on any atom is 0.253 e. The molecular formula is C21H24N2O4S. The third-order valence-corrected chi connectivity index (χ3v) is 7.09. The molecule has 0 bridgehead atoms. The Hall–Kier alpha value is -2.51. The van der Waals surface area contributed by atoms with Gasteiger partial charge in [-0.1, -0.05) is 18.2 Å². The van der Waals surface area contributed by atoms with Gasteiger partial charge in [-0.05, 0) is 56.2 Å². The highest BCUT2D eigenvalue weighted by Crippen LogP contribution is 2.20. The predicted octanol–water partition coefficient (Wildman–Crippen LogP) is 2.65. The maximum atomic E-state index is 12.8. The zero-order valence-electron chi connectivity index (χ0n) is 16.3. The Balaban J connectivity index is 1.69. The minimum atomic E-state index is -3.65. The molecule has 7 heteroatoms. The predicted molar refractivity (Wildman–Crippen MR) is 107 cm³/mol. The van der Waals surface area contributed by atoms with Crippen LogP contribution in [0.4, 0.5) is 0 Å². The van der Waals surface area contributed by atoms with Crippen LogP contribution in [0.3, 0.4) is 0 Å². The van der Waals surface area contributed by atoms with Gasteiger partial charge in [0, 0.05) is 37.3 Å². The number of benzene rings is 2. The van der Waals surface area contributed by atoms with Crippen LogP contribution in [0.25, 0.3) is 0 Å². The van der Waals surface area contributed by atoms with E-state index >= 15 is 0 Å². The summed E-state index contributed by atoms with van der Waals surface area (Å²) in [5.74, 6) is -0.187. The Kier molecular flexibility index (Phi) is 5.67. The van der Waals surface area contributed by atoms with Gasteiger partial charge < -0.3 is 4.90 Å². The molecule has 1 fully saturated rings. The molecule has 1 aliphatic rings. The topological polar surface area (TPSA) is 74.8 Å². The van der Waals surface area contributed by atoms with Gasteiger partial charge in [-0.25, -0.2) is 8.42 Å². The van der Waals surface area contributed by atoms with Crippen molar-refractivity contribution in [1.82, 2.24) is 9.21 Å². The summed E-state index contributed by atoms with van der Waals surface area (Å²) in [6, 6.07) is 11.6. The first kappa shape index (κ1) is 20.2. The number of Topliss-reactive ketones (excluding diaryl/α,β-unsaturated/α-hetero) is 1. The zero-order valence-corrected chi connectivity index (χ0v) is 17.1. The fraction of sp³-hybridized carbons (Fsp3) is 0.333. The van der Waals surface area contributed by atoms with Crippen LogP contribution < -0.4 is 0 Å². The number of sulfonamides is 1. The summed E-state index contributed by atoms with van der Waals surface area (Å²) < 4.78 is 27.1. The van der Waals surface area contributed by atoms with Crippen molar-refractivity contribution in [3.05, 3.63) is 64.7 Å². The van der Waals surface area contributed by atoms with E-state index in [0.717, 1.165) is 11.1 Å². The number of amides is 1. The highest BCUT2D eigenvalue weighted by molar-refractivity contribution is 7.89. The van der Waals surface area contributed by atoms with Crippen molar-refractivity contribution in [2.75, 3.05) is 26.2 Å². The fourth-order valence-electron chi connectivity index (χ4n) is 3.20. The minimum Gasteiger partial charge on any atom is -0.336 e. The third-order valence-electron chi connectivity index (χ3n) is 5.18. The third kappa shape index (κ3) is 4.00. The first-order chi connectivity index (χ1) is 13.2. The standard InChI is InChI=1S/C21H24N2O4S/c1-15-4-5-19(14-16(15)2)21(25)22-10-12-23(13-11-22)28(26,27)20-8-6-18(7-9-20)17(3)24/h4-9,14H,10-13H2,1-3H3. The molecule has 0 aliphatic carbocycles. The first-order valence-corrected chi connectivity index (χ1v) is 10.6. The summed E-state index contributed by atoms with van der Waals surface area (Å²) in [5, 5.41) is 0. The Labute approximate surface area is 165 Å². The van der Waals surface area contributed by atoms with E-state index in [1.165, 1.54) is 35.5 Å². The molecular weight excluding hydrogens is 376 g/mol. The van der Waals surface area contributed by atoms with Crippen molar-refractivity contribution in [2.45, 2.75) is 25.7 Å². The Morgan fingerprint density at radius 2 is 1.39 bits per heavy atom. The first-order valence-electron chi connectivity index (χ1n) is 9.18. The molecule has 148 valence electrons. The Bertz CT molecular complexity index is 1010. The number of piperazine rings is 1. The molecule has 6 nitrogen and oxygen atoms in total. The van der Waals surface area contributed by atoms with Gasteiger partial charge in [-0.2, -0.15) is 4.31 Å². The molecule has 1 saturated heterocycles. The molecule has 2 aromatic carbocycles. The average Bonchev–Trinajstić information content (AvgIpc) is 2.69. The molecule has 0 saturated carbocycles. The van der Waals surface area contributed by atoms with Crippen LogP contribution in [0, 0.1) is 13.8 Å². The quantitative estimate of drug-likeness (QED) is 0.740. The second-order valence-electron chi connectivity index (χ2n) is 7.08. The molecule has 1 heterocycles. The monoisotopic (exact) mass is 400 g/mol. The lowest BCUT2D eigenvalue weighted by atomic mass is 10.1. The van der Waals surface area contributed by atoms with Crippen molar-refractivity contribution in [2.24, 2.45) is 0 Å². The number of ketones is 1. The molecule has 0 atom stereocenters. The number of nitrogens with zero attached hydrogens (tertiary/aromatic N) is 2. The van der Waals surface area contributed by atoms with Crippen molar-refractivity contribution in [3.8, 4) is 0 Å².